The Morgan fingerprint density at radius 3 is 2.55 bits per heavy atom. The standard InChI is InChI=1S/C35H43ClN4O4/c1-35(2,3)26-6-9-30-23(20-26)18-24-19-25(21-29(36)32(24)37-30)33(42)38-31(12-15-39-13-10-28(41)11-14-39)22-4-7-27(8-5-22)40-16-17-44-34(40)43/h4-5,7-8,18-19,21,26,28,31,41H,6,9-17,20H2,1-3H3,(H,38,42)/t26-,31+/m0/s1. The van der Waals surface area contributed by atoms with Crippen LogP contribution in [-0.4, -0.2) is 65.9 Å². The number of nitrogens with one attached hydrogen (secondary N) is 1. The number of hydrogen-bond acceptors (Lipinski definition) is 6. The van der Waals surface area contributed by atoms with Crippen LogP contribution < -0.4 is 10.2 Å². The summed E-state index contributed by atoms with van der Waals surface area (Å²) in [5, 5.41) is 14.6. The van der Waals surface area contributed by atoms with E-state index in [1.807, 2.05) is 30.3 Å². The first-order valence-electron chi connectivity index (χ1n) is 15.9. The molecule has 2 fully saturated rings. The maximum atomic E-state index is 13.8. The summed E-state index contributed by atoms with van der Waals surface area (Å²) in [4.78, 5) is 34.8. The molecule has 3 aliphatic rings. The Labute approximate surface area is 264 Å². The molecule has 1 aliphatic carbocycles. The Bertz CT molecular complexity index is 1530. The van der Waals surface area contributed by atoms with Gasteiger partial charge in [-0.05, 0) is 91.3 Å². The average Bonchev–Trinajstić information content (AvgIpc) is 3.44. The Morgan fingerprint density at radius 2 is 1.86 bits per heavy atom. The highest BCUT2D eigenvalue weighted by Crippen LogP contribution is 2.38. The van der Waals surface area contributed by atoms with E-state index < -0.39 is 0 Å². The van der Waals surface area contributed by atoms with Crippen LogP contribution in [0.2, 0.25) is 5.02 Å². The van der Waals surface area contributed by atoms with E-state index in [4.69, 9.17) is 21.3 Å². The van der Waals surface area contributed by atoms with E-state index >= 15 is 0 Å². The highest BCUT2D eigenvalue weighted by molar-refractivity contribution is 6.35. The number of anilines is 1. The molecule has 234 valence electrons. The van der Waals surface area contributed by atoms with Gasteiger partial charge < -0.3 is 20.1 Å². The minimum Gasteiger partial charge on any atom is -0.447 e. The number of piperidine rings is 1. The molecule has 0 bridgehead atoms. The van der Waals surface area contributed by atoms with E-state index in [1.165, 1.54) is 5.56 Å². The molecule has 1 aromatic heterocycles. The van der Waals surface area contributed by atoms with E-state index in [0.717, 1.165) is 79.6 Å². The van der Waals surface area contributed by atoms with Crippen molar-refractivity contribution in [1.29, 1.82) is 0 Å². The molecule has 3 aromatic rings. The number of aliphatic hydroxyl groups excluding tert-OH is 1. The fourth-order valence-corrected chi connectivity index (χ4v) is 7.07. The van der Waals surface area contributed by atoms with Gasteiger partial charge in [0.15, 0.2) is 0 Å². The zero-order valence-electron chi connectivity index (χ0n) is 25.9. The smallest absolute Gasteiger partial charge is 0.414 e. The zero-order valence-corrected chi connectivity index (χ0v) is 26.7. The van der Waals surface area contributed by atoms with Crippen LogP contribution >= 0.6 is 11.6 Å². The Kier molecular flexibility index (Phi) is 8.86. The van der Waals surface area contributed by atoms with Gasteiger partial charge in [-0.1, -0.05) is 44.5 Å². The molecule has 44 heavy (non-hydrogen) atoms. The number of aromatic nitrogens is 1. The van der Waals surface area contributed by atoms with E-state index in [-0.39, 0.29) is 29.6 Å². The second-order valence-corrected chi connectivity index (χ2v) is 14.1. The first-order chi connectivity index (χ1) is 21.0. The molecule has 0 radical (unpaired) electrons. The van der Waals surface area contributed by atoms with E-state index in [2.05, 4.69) is 37.1 Å². The Morgan fingerprint density at radius 1 is 1.11 bits per heavy atom. The van der Waals surface area contributed by atoms with E-state index in [9.17, 15) is 14.7 Å². The maximum absolute atomic E-state index is 13.8. The number of nitrogens with zero attached hydrogens (tertiary/aromatic N) is 3. The molecule has 2 aromatic carbocycles. The number of cyclic esters (lactones) is 1. The number of fused-ring (bicyclic) bond motifs is 2. The molecular weight excluding hydrogens is 576 g/mol. The SMILES string of the molecule is CC(C)(C)[C@H]1CCc2nc3c(Cl)cc(C(=O)N[C@H](CCN4CCC(O)CC4)c4ccc(N5CCOC5=O)cc4)cc3cc2C1. The van der Waals surface area contributed by atoms with E-state index in [0.29, 0.717) is 36.1 Å². The van der Waals surface area contributed by atoms with Gasteiger partial charge in [0.05, 0.1) is 29.2 Å². The number of ether oxygens (including phenoxy) is 1. The number of carbonyl (C=O) groups is 2. The van der Waals surface area contributed by atoms with Crippen LogP contribution in [0.5, 0.6) is 0 Å². The van der Waals surface area contributed by atoms with Gasteiger partial charge in [0, 0.05) is 42.0 Å². The Hall–Kier alpha value is -3.20. The molecule has 3 heterocycles. The lowest BCUT2D eigenvalue weighted by Gasteiger charge is -2.34. The summed E-state index contributed by atoms with van der Waals surface area (Å²) in [5.41, 5.74) is 5.59. The predicted octanol–water partition coefficient (Wildman–Crippen LogP) is 6.31. The number of benzene rings is 2. The summed E-state index contributed by atoms with van der Waals surface area (Å²) in [6, 6.07) is 13.3. The van der Waals surface area contributed by atoms with Crippen molar-refractivity contribution in [3.63, 3.8) is 0 Å². The van der Waals surface area contributed by atoms with Gasteiger partial charge in [0.2, 0.25) is 0 Å². The third kappa shape index (κ3) is 6.72. The molecular formula is C35H43ClN4O4. The lowest BCUT2D eigenvalue weighted by Crippen LogP contribution is -2.38. The van der Waals surface area contributed by atoms with Gasteiger partial charge in [-0.15, -0.1) is 0 Å². The number of pyridine rings is 1. The first-order valence-corrected chi connectivity index (χ1v) is 16.3. The highest BCUT2D eigenvalue weighted by atomic mass is 35.5. The molecule has 2 atom stereocenters. The number of halogens is 1. The summed E-state index contributed by atoms with van der Waals surface area (Å²) in [6.45, 7) is 10.3. The molecule has 2 amide bonds. The molecule has 6 rings (SSSR count). The van der Waals surface area contributed by atoms with Gasteiger partial charge in [0.1, 0.15) is 6.61 Å². The summed E-state index contributed by atoms with van der Waals surface area (Å²) in [5.74, 6) is 0.396. The molecule has 2 saturated heterocycles. The number of rotatable bonds is 7. The van der Waals surface area contributed by atoms with Crippen LogP contribution in [0.1, 0.15) is 79.7 Å². The molecule has 8 nitrogen and oxygen atoms in total. The van der Waals surface area contributed by atoms with Crippen LogP contribution in [0.3, 0.4) is 0 Å². The summed E-state index contributed by atoms with van der Waals surface area (Å²) >= 11 is 6.76. The van der Waals surface area contributed by atoms with Crippen LogP contribution in [0.15, 0.2) is 42.5 Å². The normalized spacial score (nSPS) is 20.4. The van der Waals surface area contributed by atoms with Gasteiger partial charge >= 0.3 is 6.09 Å². The van der Waals surface area contributed by atoms with Crippen molar-refractivity contribution in [3.05, 3.63) is 69.9 Å². The third-order valence-corrected chi connectivity index (χ3v) is 9.98. The van der Waals surface area contributed by atoms with Crippen molar-refractivity contribution in [2.24, 2.45) is 11.3 Å². The molecule has 2 N–H and O–H groups in total. The van der Waals surface area contributed by atoms with Gasteiger partial charge in [-0.25, -0.2) is 4.79 Å². The van der Waals surface area contributed by atoms with E-state index in [1.54, 1.807) is 11.0 Å². The highest BCUT2D eigenvalue weighted by Gasteiger charge is 2.30. The predicted molar refractivity (Wildman–Crippen MR) is 173 cm³/mol. The monoisotopic (exact) mass is 618 g/mol. The molecule has 0 unspecified atom stereocenters. The van der Waals surface area contributed by atoms with Crippen LogP contribution in [-0.2, 0) is 17.6 Å². The van der Waals surface area contributed by atoms with Crippen molar-refractivity contribution in [2.75, 3.05) is 37.7 Å². The largest absolute Gasteiger partial charge is 0.447 e. The molecule has 2 aliphatic heterocycles. The van der Waals surface area contributed by atoms with Crippen molar-refractivity contribution < 1.29 is 19.4 Å². The number of hydrogen-bond donors (Lipinski definition) is 2. The van der Waals surface area contributed by atoms with Crippen molar-refractivity contribution in [1.82, 2.24) is 15.2 Å². The molecule has 9 heteroatoms. The number of aryl methyl sites for hydroxylation is 1. The fraction of sp³-hybridized carbons (Fsp3) is 0.514. The third-order valence-electron chi connectivity index (χ3n) is 9.69. The average molecular weight is 619 g/mol. The van der Waals surface area contributed by atoms with Gasteiger partial charge in [-0.2, -0.15) is 0 Å². The van der Waals surface area contributed by atoms with Crippen LogP contribution in [0.4, 0.5) is 10.5 Å². The maximum Gasteiger partial charge on any atom is 0.414 e. The lowest BCUT2D eigenvalue weighted by atomic mass is 9.71. The topological polar surface area (TPSA) is 95.0 Å². The number of carbonyl (C=O) groups excluding carboxylic acids is 2. The van der Waals surface area contributed by atoms with Crippen LogP contribution in [0, 0.1) is 11.3 Å². The molecule has 0 saturated carbocycles. The summed E-state index contributed by atoms with van der Waals surface area (Å²) in [7, 11) is 0. The van der Waals surface area contributed by atoms with Gasteiger partial charge in [-0.3, -0.25) is 14.7 Å². The second-order valence-electron chi connectivity index (χ2n) is 13.7. The second kappa shape index (κ2) is 12.7. The number of likely N-dealkylation sites (tertiary alicyclic amines) is 1. The van der Waals surface area contributed by atoms with Crippen molar-refractivity contribution >= 4 is 40.2 Å². The molecule has 0 spiro atoms. The Balaban J connectivity index is 1.24. The van der Waals surface area contributed by atoms with Crippen molar-refractivity contribution in [2.45, 2.75) is 71.4 Å². The summed E-state index contributed by atoms with van der Waals surface area (Å²) < 4.78 is 5.09. The number of aliphatic hydroxyl groups is 1. The first kappa shape index (κ1) is 30.8. The van der Waals surface area contributed by atoms with Crippen molar-refractivity contribution in [3.8, 4) is 0 Å². The van der Waals surface area contributed by atoms with Gasteiger partial charge in [0.25, 0.3) is 5.91 Å². The quantitative estimate of drug-likeness (QED) is 0.322. The zero-order chi connectivity index (χ0) is 31.0. The van der Waals surface area contributed by atoms with Crippen LogP contribution in [0.25, 0.3) is 10.9 Å². The minimum absolute atomic E-state index is 0.189. The number of amides is 2. The lowest BCUT2D eigenvalue weighted by molar-refractivity contribution is 0.0795. The minimum atomic E-state index is -0.340. The summed E-state index contributed by atoms with van der Waals surface area (Å²) in [6.07, 6.45) is 4.71. The fourth-order valence-electron chi connectivity index (χ4n) is 6.80.